The van der Waals surface area contributed by atoms with Crippen molar-refractivity contribution in [3.8, 4) is 11.5 Å². The Bertz CT molecular complexity index is 456. The second kappa shape index (κ2) is 3.39. The average molecular weight is 225 g/mol. The first-order valence-corrected chi connectivity index (χ1v) is 4.70. The summed E-state index contributed by atoms with van der Waals surface area (Å²) in [6.45, 7) is -1.96. The lowest BCUT2D eigenvalue weighted by Crippen LogP contribution is -2.51. The van der Waals surface area contributed by atoms with Crippen LogP contribution in [0.1, 0.15) is 15.9 Å². The lowest BCUT2D eigenvalue weighted by Gasteiger charge is -2.37. The van der Waals surface area contributed by atoms with Gasteiger partial charge in [0.15, 0.2) is 5.75 Å². The summed E-state index contributed by atoms with van der Waals surface area (Å²) in [6, 6.07) is 3.10. The highest BCUT2D eigenvalue weighted by molar-refractivity contribution is 6.58. The SMILES string of the molecule is Cc1ccc2c(c1C(=O)O)O[B-](O)(O)CO2. The van der Waals surface area contributed by atoms with Gasteiger partial charge in [-0.05, 0) is 18.6 Å². The quantitative estimate of drug-likeness (QED) is 0.578. The Morgan fingerprint density at radius 1 is 1.44 bits per heavy atom. The van der Waals surface area contributed by atoms with Crippen molar-refractivity contribution in [1.82, 2.24) is 0 Å². The summed E-state index contributed by atoms with van der Waals surface area (Å²) in [4.78, 5) is 11.0. The molecule has 0 unspecified atom stereocenters. The van der Waals surface area contributed by atoms with E-state index in [0.29, 0.717) is 5.56 Å². The molecule has 0 saturated heterocycles. The first-order chi connectivity index (χ1) is 7.41. The van der Waals surface area contributed by atoms with Crippen LogP contribution in [-0.2, 0) is 0 Å². The standard InChI is InChI=1S/C9H10BO6/c1-5-2-3-6-8(7(5)9(11)12)16-10(13,14)4-15-6/h2-3,13-14H,4H2,1H3,(H,11,12)/q-1. The number of carboxylic acid groups (broad SMARTS) is 1. The second-order valence-corrected chi connectivity index (χ2v) is 3.68. The predicted molar refractivity (Wildman–Crippen MR) is 54.5 cm³/mol. The van der Waals surface area contributed by atoms with Crippen LogP contribution in [0.2, 0.25) is 0 Å². The first kappa shape index (κ1) is 10.8. The van der Waals surface area contributed by atoms with Gasteiger partial charge in [-0.15, -0.1) is 0 Å². The third-order valence-electron chi connectivity index (χ3n) is 2.31. The molecule has 0 aromatic heterocycles. The zero-order valence-electron chi connectivity index (χ0n) is 8.51. The summed E-state index contributed by atoms with van der Waals surface area (Å²) in [5.41, 5.74) is 0.343. The Kier molecular flexibility index (Phi) is 2.29. The number of carboxylic acids is 1. The van der Waals surface area contributed by atoms with Gasteiger partial charge in [0.2, 0.25) is 0 Å². The molecule has 0 saturated carbocycles. The van der Waals surface area contributed by atoms with E-state index in [0.717, 1.165) is 0 Å². The Morgan fingerprint density at radius 3 is 2.75 bits per heavy atom. The second-order valence-electron chi connectivity index (χ2n) is 3.68. The zero-order valence-corrected chi connectivity index (χ0v) is 8.51. The summed E-state index contributed by atoms with van der Waals surface area (Å²) >= 11 is 0. The summed E-state index contributed by atoms with van der Waals surface area (Å²) < 4.78 is 9.88. The van der Waals surface area contributed by atoms with E-state index in [1.165, 1.54) is 6.07 Å². The lowest BCUT2D eigenvalue weighted by molar-refractivity contribution is 0.0690. The van der Waals surface area contributed by atoms with Crippen molar-refractivity contribution in [2.75, 3.05) is 6.51 Å². The van der Waals surface area contributed by atoms with Crippen LogP contribution in [0.5, 0.6) is 11.5 Å². The Balaban J connectivity index is 2.58. The number of fused-ring (bicyclic) bond motifs is 1. The van der Waals surface area contributed by atoms with Gasteiger partial charge < -0.3 is 24.5 Å². The van der Waals surface area contributed by atoms with E-state index in [4.69, 9.17) is 14.5 Å². The molecular weight excluding hydrogens is 215 g/mol. The summed E-state index contributed by atoms with van der Waals surface area (Å²) in [5, 5.41) is 27.6. The number of hydrogen-bond donors (Lipinski definition) is 3. The van der Waals surface area contributed by atoms with Gasteiger partial charge in [0.05, 0.1) is 6.51 Å². The van der Waals surface area contributed by atoms with Gasteiger partial charge in [-0.2, -0.15) is 0 Å². The number of aryl methyl sites for hydroxylation is 1. The van der Waals surface area contributed by atoms with E-state index in [1.54, 1.807) is 13.0 Å². The maximum atomic E-state index is 11.0. The van der Waals surface area contributed by atoms with Crippen LogP contribution in [0.15, 0.2) is 12.1 Å². The fourth-order valence-electron chi connectivity index (χ4n) is 1.58. The molecule has 6 nitrogen and oxygen atoms in total. The van der Waals surface area contributed by atoms with Gasteiger partial charge in [0, 0.05) is 0 Å². The van der Waals surface area contributed by atoms with Crippen LogP contribution < -0.4 is 9.39 Å². The Labute approximate surface area is 91.1 Å². The molecule has 3 N–H and O–H groups in total. The van der Waals surface area contributed by atoms with Crippen LogP contribution in [0.4, 0.5) is 0 Å². The van der Waals surface area contributed by atoms with E-state index in [1.807, 2.05) is 0 Å². The minimum absolute atomic E-state index is 0.119. The predicted octanol–water partition coefficient (Wildman–Crippen LogP) is -0.0729. The minimum atomic E-state index is -3.14. The molecule has 0 radical (unpaired) electrons. The summed E-state index contributed by atoms with van der Waals surface area (Å²) in [7, 11) is 0. The van der Waals surface area contributed by atoms with Crippen molar-refractivity contribution in [3.05, 3.63) is 23.3 Å². The highest BCUT2D eigenvalue weighted by atomic mass is 16.7. The Hall–Kier alpha value is -1.73. The van der Waals surface area contributed by atoms with Crippen molar-refractivity contribution in [2.24, 2.45) is 0 Å². The number of aromatic carboxylic acids is 1. The topological polar surface area (TPSA) is 96.2 Å². The Morgan fingerprint density at radius 2 is 2.12 bits per heavy atom. The molecule has 1 aromatic carbocycles. The smallest absolute Gasteiger partial charge is 0.467 e. The van der Waals surface area contributed by atoms with E-state index >= 15 is 0 Å². The first-order valence-electron chi connectivity index (χ1n) is 4.70. The fraction of sp³-hybridized carbons (Fsp3) is 0.222. The van der Waals surface area contributed by atoms with E-state index in [9.17, 15) is 14.8 Å². The third kappa shape index (κ3) is 1.70. The average Bonchev–Trinajstić information content (AvgIpc) is 2.15. The van der Waals surface area contributed by atoms with Crippen molar-refractivity contribution in [2.45, 2.75) is 6.92 Å². The number of ether oxygens (including phenoxy) is 1. The highest BCUT2D eigenvalue weighted by Crippen LogP contribution is 2.37. The molecule has 0 spiro atoms. The highest BCUT2D eigenvalue weighted by Gasteiger charge is 2.33. The molecule has 0 bridgehead atoms. The molecule has 7 heteroatoms. The van der Waals surface area contributed by atoms with Crippen LogP contribution in [0.25, 0.3) is 0 Å². The van der Waals surface area contributed by atoms with Crippen molar-refractivity contribution in [1.29, 1.82) is 0 Å². The molecule has 2 rings (SSSR count). The van der Waals surface area contributed by atoms with Crippen molar-refractivity contribution < 1.29 is 29.3 Å². The van der Waals surface area contributed by atoms with Gasteiger partial charge >= 0.3 is 12.7 Å². The monoisotopic (exact) mass is 225 g/mol. The number of rotatable bonds is 1. The van der Waals surface area contributed by atoms with Crippen molar-refractivity contribution >= 4 is 12.7 Å². The molecule has 1 aliphatic rings. The van der Waals surface area contributed by atoms with E-state index in [2.05, 4.69) is 0 Å². The number of hydrogen-bond acceptors (Lipinski definition) is 5. The molecule has 1 heterocycles. The minimum Gasteiger partial charge on any atom is -0.665 e. The fourth-order valence-corrected chi connectivity index (χ4v) is 1.58. The van der Waals surface area contributed by atoms with Gasteiger partial charge in [0.1, 0.15) is 11.3 Å². The van der Waals surface area contributed by atoms with E-state index in [-0.39, 0.29) is 17.1 Å². The number of benzene rings is 1. The molecule has 0 amide bonds. The van der Waals surface area contributed by atoms with Gasteiger partial charge in [0.25, 0.3) is 0 Å². The summed E-state index contributed by atoms with van der Waals surface area (Å²) in [5.74, 6) is -1.14. The molecular formula is C9H10BO6-. The molecule has 86 valence electrons. The zero-order chi connectivity index (χ0) is 11.9. The van der Waals surface area contributed by atoms with Gasteiger partial charge in [-0.25, -0.2) is 4.79 Å². The van der Waals surface area contributed by atoms with Crippen LogP contribution >= 0.6 is 0 Å². The third-order valence-corrected chi connectivity index (χ3v) is 2.31. The summed E-state index contributed by atoms with van der Waals surface area (Å²) in [6.07, 6.45) is 0. The molecule has 0 fully saturated rings. The van der Waals surface area contributed by atoms with Crippen LogP contribution in [0.3, 0.4) is 0 Å². The maximum absolute atomic E-state index is 11.0. The van der Waals surface area contributed by atoms with Crippen LogP contribution in [-0.4, -0.2) is 34.4 Å². The molecule has 0 atom stereocenters. The molecule has 16 heavy (non-hydrogen) atoms. The molecule has 0 aliphatic carbocycles. The molecule has 1 aliphatic heterocycles. The van der Waals surface area contributed by atoms with E-state index < -0.39 is 19.2 Å². The largest absolute Gasteiger partial charge is 0.665 e. The van der Waals surface area contributed by atoms with Gasteiger partial charge in [-0.1, -0.05) is 6.07 Å². The van der Waals surface area contributed by atoms with Crippen LogP contribution in [0, 0.1) is 6.92 Å². The number of carbonyl (C=O) groups is 1. The van der Waals surface area contributed by atoms with Crippen molar-refractivity contribution in [3.63, 3.8) is 0 Å². The lowest BCUT2D eigenvalue weighted by atomic mass is 9.80. The normalized spacial score (nSPS) is 16.9. The maximum Gasteiger partial charge on any atom is 0.467 e. The van der Waals surface area contributed by atoms with Gasteiger partial charge in [-0.3, -0.25) is 0 Å². The molecule has 1 aromatic rings.